The number of halogens is 1. The van der Waals surface area contributed by atoms with Gasteiger partial charge < -0.3 is 4.57 Å². The van der Waals surface area contributed by atoms with Gasteiger partial charge >= 0.3 is 0 Å². The van der Waals surface area contributed by atoms with Crippen LogP contribution in [0.25, 0.3) is 0 Å². The van der Waals surface area contributed by atoms with Gasteiger partial charge in [-0.15, -0.1) is 11.3 Å². The predicted molar refractivity (Wildman–Crippen MR) is 91.5 cm³/mol. The molecule has 6 nitrogen and oxygen atoms in total. The van der Waals surface area contributed by atoms with E-state index in [1.165, 1.54) is 0 Å². The minimum atomic E-state index is -3.40. The van der Waals surface area contributed by atoms with E-state index in [-0.39, 0.29) is 0 Å². The molecule has 1 aliphatic heterocycles. The molecule has 0 aliphatic carbocycles. The molecular weight excluding hydrogens is 356 g/mol. The first-order chi connectivity index (χ1) is 11.0. The van der Waals surface area contributed by atoms with Gasteiger partial charge in [0.05, 0.1) is 4.34 Å². The molecule has 126 valence electrons. The molecule has 2 aromatic rings. The number of nitrogens with zero attached hydrogens (tertiary/aromatic N) is 4. The first-order valence-electron chi connectivity index (χ1n) is 7.42. The van der Waals surface area contributed by atoms with Gasteiger partial charge in [-0.1, -0.05) is 11.6 Å². The van der Waals surface area contributed by atoms with E-state index in [0.717, 1.165) is 43.3 Å². The fraction of sp³-hybridized carbons (Fsp3) is 0.500. The summed E-state index contributed by atoms with van der Waals surface area (Å²) in [6.45, 7) is 6.27. The van der Waals surface area contributed by atoms with Gasteiger partial charge in [-0.25, -0.2) is 13.4 Å². The number of sulfonamides is 1. The maximum absolute atomic E-state index is 12.5. The van der Waals surface area contributed by atoms with E-state index in [2.05, 4.69) is 14.5 Å². The van der Waals surface area contributed by atoms with Crippen LogP contribution < -0.4 is 0 Å². The molecule has 1 saturated heterocycles. The number of aryl methyl sites for hydroxylation is 1. The average molecular weight is 375 g/mol. The summed E-state index contributed by atoms with van der Waals surface area (Å²) in [6, 6.07) is 3.21. The van der Waals surface area contributed by atoms with Crippen molar-refractivity contribution < 1.29 is 8.42 Å². The molecule has 0 N–H and O–H groups in total. The monoisotopic (exact) mass is 374 g/mol. The smallest absolute Gasteiger partial charge is 0.252 e. The molecule has 0 radical (unpaired) electrons. The summed E-state index contributed by atoms with van der Waals surface area (Å²) in [4.78, 5) is 6.49. The Bertz CT molecular complexity index is 763. The topological polar surface area (TPSA) is 58.4 Å². The summed E-state index contributed by atoms with van der Waals surface area (Å²) >= 11 is 6.96. The fourth-order valence-electron chi connectivity index (χ4n) is 2.65. The number of hydrogen-bond acceptors (Lipinski definition) is 5. The first kappa shape index (κ1) is 16.9. The van der Waals surface area contributed by atoms with Crippen molar-refractivity contribution in [2.24, 2.45) is 0 Å². The summed E-state index contributed by atoms with van der Waals surface area (Å²) < 4.78 is 29.6. The van der Waals surface area contributed by atoms with Crippen LogP contribution in [0.15, 0.2) is 28.7 Å². The van der Waals surface area contributed by atoms with Crippen molar-refractivity contribution in [2.45, 2.75) is 17.7 Å². The largest absolute Gasteiger partial charge is 0.334 e. The molecule has 3 heterocycles. The molecule has 23 heavy (non-hydrogen) atoms. The molecule has 9 heteroatoms. The molecule has 0 spiro atoms. The summed E-state index contributed by atoms with van der Waals surface area (Å²) in [7, 11) is -3.40. The van der Waals surface area contributed by atoms with Crippen LogP contribution in [-0.2, 0) is 16.6 Å². The lowest BCUT2D eigenvalue weighted by Crippen LogP contribution is -2.49. The van der Waals surface area contributed by atoms with Crippen molar-refractivity contribution in [3.63, 3.8) is 0 Å². The molecule has 0 unspecified atom stereocenters. The van der Waals surface area contributed by atoms with Crippen LogP contribution in [-0.4, -0.2) is 59.9 Å². The maximum atomic E-state index is 12.5. The Morgan fingerprint density at radius 1 is 1.22 bits per heavy atom. The Kier molecular flexibility index (Phi) is 5.07. The number of aromatic nitrogens is 2. The lowest BCUT2D eigenvalue weighted by molar-refractivity contribution is 0.182. The second kappa shape index (κ2) is 6.90. The van der Waals surface area contributed by atoms with E-state index in [9.17, 15) is 8.42 Å². The van der Waals surface area contributed by atoms with E-state index in [4.69, 9.17) is 11.6 Å². The van der Waals surface area contributed by atoms with Crippen molar-refractivity contribution in [2.75, 3.05) is 32.7 Å². The molecule has 0 amide bonds. The fourth-order valence-corrected chi connectivity index (χ4v) is 5.71. The van der Waals surface area contributed by atoms with Gasteiger partial charge in [-0.2, -0.15) is 4.31 Å². The summed E-state index contributed by atoms with van der Waals surface area (Å²) in [5.41, 5.74) is 0. The molecule has 3 rings (SSSR count). The van der Waals surface area contributed by atoms with Gasteiger partial charge in [-0.05, 0) is 19.1 Å². The Labute approximate surface area is 145 Å². The number of hydrogen-bond donors (Lipinski definition) is 0. The van der Waals surface area contributed by atoms with E-state index in [1.807, 2.05) is 13.1 Å². The quantitative estimate of drug-likeness (QED) is 0.802. The van der Waals surface area contributed by atoms with E-state index in [1.54, 1.807) is 22.6 Å². The van der Waals surface area contributed by atoms with E-state index < -0.39 is 10.0 Å². The average Bonchev–Trinajstić information content (AvgIpc) is 3.14. The van der Waals surface area contributed by atoms with Crippen LogP contribution in [0, 0.1) is 6.92 Å². The number of piperazine rings is 1. The van der Waals surface area contributed by atoms with Gasteiger partial charge in [0.25, 0.3) is 10.0 Å². The van der Waals surface area contributed by atoms with E-state index in [0.29, 0.717) is 21.6 Å². The van der Waals surface area contributed by atoms with Crippen molar-refractivity contribution >= 4 is 33.0 Å². The maximum Gasteiger partial charge on any atom is 0.252 e. The third-order valence-electron chi connectivity index (χ3n) is 4.05. The van der Waals surface area contributed by atoms with Crippen LogP contribution in [0.1, 0.15) is 5.82 Å². The predicted octanol–water partition coefficient (Wildman–Crippen LogP) is 1.91. The molecule has 0 aromatic carbocycles. The lowest BCUT2D eigenvalue weighted by atomic mass is 10.3. The third kappa shape index (κ3) is 3.77. The number of rotatable bonds is 5. The second-order valence-corrected chi connectivity index (χ2v) is 9.35. The number of thiophene rings is 1. The van der Waals surface area contributed by atoms with Crippen molar-refractivity contribution in [1.29, 1.82) is 0 Å². The summed E-state index contributed by atoms with van der Waals surface area (Å²) in [5.74, 6) is 1.00. The van der Waals surface area contributed by atoms with Crippen LogP contribution in [0.4, 0.5) is 0 Å². The van der Waals surface area contributed by atoms with Gasteiger partial charge in [0.15, 0.2) is 0 Å². The Morgan fingerprint density at radius 2 is 1.96 bits per heavy atom. The van der Waals surface area contributed by atoms with Crippen LogP contribution >= 0.6 is 22.9 Å². The second-order valence-electron chi connectivity index (χ2n) is 5.47. The SMILES string of the molecule is Cc1nccn1CCN1CCN(S(=O)(=O)c2ccc(Cl)s2)CC1. The third-order valence-corrected chi connectivity index (χ3v) is 7.65. The molecular formula is C14H19ClN4O2S2. The Morgan fingerprint density at radius 3 is 2.52 bits per heavy atom. The zero-order chi connectivity index (χ0) is 16.4. The Hall–Kier alpha value is -0.930. The highest BCUT2D eigenvalue weighted by atomic mass is 35.5. The molecule has 1 aliphatic rings. The van der Waals surface area contributed by atoms with Crippen molar-refractivity contribution in [3.8, 4) is 0 Å². The molecule has 0 atom stereocenters. The minimum Gasteiger partial charge on any atom is -0.334 e. The zero-order valence-electron chi connectivity index (χ0n) is 12.9. The highest BCUT2D eigenvalue weighted by molar-refractivity contribution is 7.91. The van der Waals surface area contributed by atoms with Crippen molar-refractivity contribution in [1.82, 2.24) is 18.8 Å². The normalized spacial score (nSPS) is 17.7. The molecule has 0 saturated carbocycles. The van der Waals surface area contributed by atoms with Crippen LogP contribution in [0.3, 0.4) is 0 Å². The summed E-state index contributed by atoms with van der Waals surface area (Å²) in [6.07, 6.45) is 3.77. The number of imidazole rings is 1. The van der Waals surface area contributed by atoms with Crippen LogP contribution in [0.2, 0.25) is 4.34 Å². The zero-order valence-corrected chi connectivity index (χ0v) is 15.2. The van der Waals surface area contributed by atoms with Gasteiger partial charge in [-0.3, -0.25) is 4.90 Å². The summed E-state index contributed by atoms with van der Waals surface area (Å²) in [5, 5.41) is 0. The minimum absolute atomic E-state index is 0.324. The standard InChI is InChI=1S/C14H19ClN4O2S2/c1-12-16-4-5-18(12)9-6-17-7-10-19(11-8-17)23(20,21)14-3-2-13(15)22-14/h2-5H,6-11H2,1H3. The lowest BCUT2D eigenvalue weighted by Gasteiger charge is -2.33. The van der Waals surface area contributed by atoms with Gasteiger partial charge in [0, 0.05) is 51.7 Å². The van der Waals surface area contributed by atoms with E-state index >= 15 is 0 Å². The molecule has 2 aromatic heterocycles. The van der Waals surface area contributed by atoms with Gasteiger partial charge in [0.2, 0.25) is 0 Å². The molecule has 0 bridgehead atoms. The Balaban J connectivity index is 1.55. The van der Waals surface area contributed by atoms with Gasteiger partial charge in [0.1, 0.15) is 10.0 Å². The van der Waals surface area contributed by atoms with Crippen molar-refractivity contribution in [3.05, 3.63) is 34.7 Å². The first-order valence-corrected chi connectivity index (χ1v) is 10.1. The van der Waals surface area contributed by atoms with Crippen LogP contribution in [0.5, 0.6) is 0 Å². The highest BCUT2D eigenvalue weighted by Crippen LogP contribution is 2.28. The molecule has 1 fully saturated rings. The highest BCUT2D eigenvalue weighted by Gasteiger charge is 2.29.